The van der Waals surface area contributed by atoms with Gasteiger partial charge in [0.05, 0.1) is 13.0 Å². The van der Waals surface area contributed by atoms with Gasteiger partial charge in [-0.25, -0.2) is 0 Å². The van der Waals surface area contributed by atoms with E-state index in [1.54, 1.807) is 42.5 Å². The Bertz CT molecular complexity index is 1320. The van der Waals surface area contributed by atoms with Crippen LogP contribution in [0.15, 0.2) is 65.3 Å². The normalized spacial score (nSPS) is 18.6. The third-order valence-electron chi connectivity index (χ3n) is 6.08. The highest BCUT2D eigenvalue weighted by Gasteiger charge is 2.43. The zero-order chi connectivity index (χ0) is 26.0. The molecule has 8 nitrogen and oxygen atoms in total. The number of rotatable bonds is 6. The standard InChI is InChI=1S/C27H26ClN3O5/c1-27(2)11-19(32)25-22(12-27)36-26(30)18(13-29)24(25)15-4-9-20(21(10-15)34-3)35-14-23(33)31-17-7-5-16(28)6-8-17/h4-10,24H,11-12,14,30H2,1-3H3,(H,31,33). The number of nitrogens with two attached hydrogens (primary N) is 1. The molecule has 1 aliphatic carbocycles. The molecule has 1 amide bonds. The van der Waals surface area contributed by atoms with Gasteiger partial charge in [0.2, 0.25) is 5.88 Å². The van der Waals surface area contributed by atoms with Crippen LogP contribution in [0.1, 0.15) is 38.2 Å². The summed E-state index contributed by atoms with van der Waals surface area (Å²) in [5.41, 5.74) is 7.65. The van der Waals surface area contributed by atoms with Gasteiger partial charge in [-0.2, -0.15) is 5.26 Å². The number of carbonyl (C=O) groups excluding carboxylic acids is 2. The fourth-order valence-electron chi connectivity index (χ4n) is 4.47. The number of nitrogens with one attached hydrogen (secondary N) is 1. The number of nitrogens with zero attached hydrogens (tertiary/aromatic N) is 1. The Balaban J connectivity index is 1.59. The molecule has 0 bridgehead atoms. The lowest BCUT2D eigenvalue weighted by molar-refractivity contribution is -0.119. The maximum absolute atomic E-state index is 13.1. The maximum Gasteiger partial charge on any atom is 0.262 e. The predicted octanol–water partition coefficient (Wildman–Crippen LogP) is 4.82. The number of Topliss-reactive ketones (excluding diaryl/α,β-unsaturated/α-hetero) is 1. The van der Waals surface area contributed by atoms with Crippen molar-refractivity contribution in [2.45, 2.75) is 32.6 Å². The first-order valence-electron chi connectivity index (χ1n) is 11.3. The molecule has 1 atom stereocenters. The minimum Gasteiger partial charge on any atom is -0.493 e. The monoisotopic (exact) mass is 507 g/mol. The van der Waals surface area contributed by atoms with Crippen molar-refractivity contribution < 1.29 is 23.8 Å². The number of benzene rings is 2. The zero-order valence-corrected chi connectivity index (χ0v) is 20.9. The summed E-state index contributed by atoms with van der Waals surface area (Å²) in [6, 6.07) is 13.9. The summed E-state index contributed by atoms with van der Waals surface area (Å²) in [6.45, 7) is 3.73. The molecule has 2 aliphatic rings. The van der Waals surface area contributed by atoms with Gasteiger partial charge in [-0.1, -0.05) is 31.5 Å². The number of hydrogen-bond donors (Lipinski definition) is 2. The van der Waals surface area contributed by atoms with Crippen molar-refractivity contribution >= 4 is 29.0 Å². The number of allylic oxidation sites excluding steroid dienone is 3. The minimum atomic E-state index is -0.682. The van der Waals surface area contributed by atoms with Crippen LogP contribution in [-0.4, -0.2) is 25.4 Å². The second kappa shape index (κ2) is 9.96. The molecule has 3 N–H and O–H groups in total. The van der Waals surface area contributed by atoms with Gasteiger partial charge in [-0.15, -0.1) is 0 Å². The molecule has 1 aliphatic heterocycles. The molecule has 2 aromatic rings. The average Bonchev–Trinajstić information content (AvgIpc) is 2.82. The summed E-state index contributed by atoms with van der Waals surface area (Å²) in [5.74, 6) is 0.0461. The van der Waals surface area contributed by atoms with Gasteiger partial charge in [0, 0.05) is 29.1 Å². The summed E-state index contributed by atoms with van der Waals surface area (Å²) in [6.07, 6.45) is 0.871. The summed E-state index contributed by atoms with van der Waals surface area (Å²) >= 11 is 5.87. The van der Waals surface area contributed by atoms with Crippen molar-refractivity contribution in [3.05, 3.63) is 75.8 Å². The fourth-order valence-corrected chi connectivity index (χ4v) is 4.60. The smallest absolute Gasteiger partial charge is 0.262 e. The van der Waals surface area contributed by atoms with Gasteiger partial charge in [-0.3, -0.25) is 9.59 Å². The van der Waals surface area contributed by atoms with Crippen LogP contribution in [0.4, 0.5) is 5.69 Å². The summed E-state index contributed by atoms with van der Waals surface area (Å²) in [7, 11) is 1.47. The van der Waals surface area contributed by atoms with Crippen molar-refractivity contribution in [2.75, 3.05) is 19.0 Å². The molecule has 0 spiro atoms. The van der Waals surface area contributed by atoms with Gasteiger partial charge in [0.25, 0.3) is 5.91 Å². The van der Waals surface area contributed by atoms with Gasteiger partial charge >= 0.3 is 0 Å². The van der Waals surface area contributed by atoms with E-state index in [0.717, 1.165) is 0 Å². The van der Waals surface area contributed by atoms with E-state index in [4.69, 9.17) is 31.5 Å². The number of nitriles is 1. The molecule has 1 unspecified atom stereocenters. The van der Waals surface area contributed by atoms with Crippen LogP contribution in [-0.2, 0) is 14.3 Å². The Kier molecular flexibility index (Phi) is 6.95. The molecular formula is C27H26ClN3O5. The lowest BCUT2D eigenvalue weighted by Gasteiger charge is -2.37. The quantitative estimate of drug-likeness (QED) is 0.574. The largest absolute Gasteiger partial charge is 0.493 e. The molecular weight excluding hydrogens is 482 g/mol. The molecule has 0 saturated heterocycles. The molecule has 4 rings (SSSR count). The first kappa shape index (κ1) is 25.1. The van der Waals surface area contributed by atoms with Crippen molar-refractivity contribution in [2.24, 2.45) is 11.1 Å². The number of hydrogen-bond acceptors (Lipinski definition) is 7. The molecule has 9 heteroatoms. The SMILES string of the molecule is COc1cc(C2C(C#N)=C(N)OC3=C2C(=O)CC(C)(C)C3)ccc1OCC(=O)Nc1ccc(Cl)cc1. The van der Waals surface area contributed by atoms with Gasteiger partial charge in [0.1, 0.15) is 17.4 Å². The molecule has 0 radical (unpaired) electrons. The number of halogens is 1. The van der Waals surface area contributed by atoms with E-state index in [1.165, 1.54) is 7.11 Å². The average molecular weight is 508 g/mol. The van der Waals surface area contributed by atoms with Crippen LogP contribution in [0.25, 0.3) is 0 Å². The topological polar surface area (TPSA) is 124 Å². The number of ketones is 1. The lowest BCUT2D eigenvalue weighted by Crippen LogP contribution is -2.33. The van der Waals surface area contributed by atoms with Crippen LogP contribution < -0.4 is 20.5 Å². The Morgan fingerprint density at radius 2 is 1.94 bits per heavy atom. The molecule has 0 fully saturated rings. The number of anilines is 1. The number of methoxy groups -OCH3 is 1. The Hall–Kier alpha value is -3.96. The second-order valence-electron chi connectivity index (χ2n) is 9.46. The van der Waals surface area contributed by atoms with Crippen LogP contribution in [0.5, 0.6) is 11.5 Å². The zero-order valence-electron chi connectivity index (χ0n) is 20.2. The molecule has 0 aromatic heterocycles. The number of ether oxygens (including phenoxy) is 3. The molecule has 2 aromatic carbocycles. The summed E-state index contributed by atoms with van der Waals surface area (Å²) < 4.78 is 16.9. The highest BCUT2D eigenvalue weighted by Crippen LogP contribution is 2.48. The highest BCUT2D eigenvalue weighted by molar-refractivity contribution is 6.30. The van der Waals surface area contributed by atoms with E-state index in [1.807, 2.05) is 13.8 Å². The van der Waals surface area contributed by atoms with Crippen molar-refractivity contribution in [3.8, 4) is 17.6 Å². The Morgan fingerprint density at radius 1 is 1.22 bits per heavy atom. The van der Waals surface area contributed by atoms with E-state index in [0.29, 0.717) is 51.9 Å². The van der Waals surface area contributed by atoms with Crippen LogP contribution in [0.2, 0.25) is 5.02 Å². The maximum atomic E-state index is 13.1. The van der Waals surface area contributed by atoms with Crippen LogP contribution in [0.3, 0.4) is 0 Å². The van der Waals surface area contributed by atoms with Crippen molar-refractivity contribution in [1.29, 1.82) is 5.26 Å². The van der Waals surface area contributed by atoms with Crippen LogP contribution >= 0.6 is 11.6 Å². The first-order valence-corrected chi connectivity index (χ1v) is 11.7. The second-order valence-corrected chi connectivity index (χ2v) is 9.89. The number of carbonyl (C=O) groups is 2. The summed E-state index contributed by atoms with van der Waals surface area (Å²) in [5, 5.41) is 13.1. The van der Waals surface area contributed by atoms with Gasteiger partial charge in [0.15, 0.2) is 23.9 Å². The number of amides is 1. The van der Waals surface area contributed by atoms with E-state index in [-0.39, 0.29) is 35.2 Å². The first-order chi connectivity index (χ1) is 17.1. The third kappa shape index (κ3) is 5.16. The van der Waals surface area contributed by atoms with Gasteiger partial charge in [-0.05, 0) is 47.4 Å². The van der Waals surface area contributed by atoms with Crippen LogP contribution in [0, 0.1) is 16.7 Å². The van der Waals surface area contributed by atoms with E-state index in [2.05, 4.69) is 11.4 Å². The molecule has 0 saturated carbocycles. The molecule has 186 valence electrons. The fraction of sp³-hybridized carbons (Fsp3) is 0.296. The van der Waals surface area contributed by atoms with Crippen molar-refractivity contribution in [1.82, 2.24) is 0 Å². The van der Waals surface area contributed by atoms with E-state index >= 15 is 0 Å². The van der Waals surface area contributed by atoms with Gasteiger partial charge < -0.3 is 25.3 Å². The summed E-state index contributed by atoms with van der Waals surface area (Å²) in [4.78, 5) is 25.5. The Labute approximate surface area is 214 Å². The molecule has 1 heterocycles. The minimum absolute atomic E-state index is 0.00934. The molecule has 36 heavy (non-hydrogen) atoms. The predicted molar refractivity (Wildman–Crippen MR) is 134 cm³/mol. The van der Waals surface area contributed by atoms with Crippen molar-refractivity contribution in [3.63, 3.8) is 0 Å². The third-order valence-corrected chi connectivity index (χ3v) is 6.34. The van der Waals surface area contributed by atoms with E-state index in [9.17, 15) is 14.9 Å². The lowest BCUT2D eigenvalue weighted by atomic mass is 9.70. The van der Waals surface area contributed by atoms with E-state index < -0.39 is 5.92 Å². The Morgan fingerprint density at radius 3 is 2.61 bits per heavy atom. The highest BCUT2D eigenvalue weighted by atomic mass is 35.5.